The predicted octanol–water partition coefficient (Wildman–Crippen LogP) is 3.45. The van der Waals surface area contributed by atoms with Gasteiger partial charge in [-0.3, -0.25) is 4.79 Å². The Bertz CT molecular complexity index is 1110. The van der Waals surface area contributed by atoms with Gasteiger partial charge in [0.1, 0.15) is 11.9 Å². The molecular formula is C27H35N3O4S. The van der Waals surface area contributed by atoms with E-state index >= 15 is 0 Å². The van der Waals surface area contributed by atoms with Crippen molar-refractivity contribution in [3.8, 4) is 5.75 Å². The smallest absolute Gasteiger partial charge is 0.253 e. The first kappa shape index (κ1) is 24.1. The molecule has 1 amide bonds. The second kappa shape index (κ2) is 10.2. The monoisotopic (exact) mass is 497 g/mol. The maximum Gasteiger partial charge on any atom is 0.253 e. The number of likely N-dealkylation sites (tertiary alicyclic amines) is 1. The fraction of sp³-hybridized carbons (Fsp3) is 0.519. The fourth-order valence-electron chi connectivity index (χ4n) is 5.23. The summed E-state index contributed by atoms with van der Waals surface area (Å²) in [6.45, 7) is 5.07. The average molecular weight is 498 g/mol. The van der Waals surface area contributed by atoms with Gasteiger partial charge in [0, 0.05) is 62.8 Å². The maximum atomic E-state index is 12.9. The zero-order valence-corrected chi connectivity index (χ0v) is 21.3. The topological polar surface area (TPSA) is 70.2 Å². The van der Waals surface area contributed by atoms with E-state index in [1.165, 1.54) is 37.7 Å². The Morgan fingerprint density at radius 2 is 1.46 bits per heavy atom. The van der Waals surface area contributed by atoms with E-state index in [1.807, 2.05) is 4.90 Å². The molecule has 1 aliphatic carbocycles. The number of hydrogen-bond donors (Lipinski definition) is 0. The standard InChI is InChI=1S/C27H35N3O4S/c1-35(32,33)26-11-5-21(6-12-26)27(31)30-19-17-29(18-20-30)23-7-9-24(10-8-23)34-25-13-15-28(16-14-25)22-3-2-4-22/h5-12,22,25H,2-4,13-20H2,1H3. The second-order valence-corrected chi connectivity index (χ2v) is 12.0. The van der Waals surface area contributed by atoms with Gasteiger partial charge < -0.3 is 19.4 Å². The Balaban J connectivity index is 1.10. The van der Waals surface area contributed by atoms with Crippen LogP contribution in [0.3, 0.4) is 0 Å². The van der Waals surface area contributed by atoms with Crippen LogP contribution in [-0.2, 0) is 9.84 Å². The third-order valence-electron chi connectivity index (χ3n) is 7.67. The molecule has 2 aromatic rings. The van der Waals surface area contributed by atoms with Gasteiger partial charge in [0.05, 0.1) is 4.90 Å². The van der Waals surface area contributed by atoms with Gasteiger partial charge >= 0.3 is 0 Å². The van der Waals surface area contributed by atoms with E-state index < -0.39 is 9.84 Å². The van der Waals surface area contributed by atoms with E-state index in [9.17, 15) is 13.2 Å². The SMILES string of the molecule is CS(=O)(=O)c1ccc(C(=O)N2CCN(c3ccc(OC4CCN(C5CCC5)CC4)cc3)CC2)cc1. The molecule has 0 N–H and O–H groups in total. The first-order valence-electron chi connectivity index (χ1n) is 12.7. The number of anilines is 1. The zero-order valence-electron chi connectivity index (χ0n) is 20.4. The molecule has 5 rings (SSSR count). The Hall–Kier alpha value is -2.58. The van der Waals surface area contributed by atoms with Crippen LogP contribution in [0.4, 0.5) is 5.69 Å². The van der Waals surface area contributed by atoms with E-state index in [4.69, 9.17) is 4.74 Å². The van der Waals surface area contributed by atoms with Crippen molar-refractivity contribution < 1.29 is 17.9 Å². The predicted molar refractivity (Wildman–Crippen MR) is 137 cm³/mol. The van der Waals surface area contributed by atoms with Crippen molar-refractivity contribution >= 4 is 21.4 Å². The molecule has 35 heavy (non-hydrogen) atoms. The lowest BCUT2D eigenvalue weighted by atomic mass is 9.90. The molecule has 2 aliphatic heterocycles. The molecule has 0 unspecified atom stereocenters. The number of carbonyl (C=O) groups is 1. The van der Waals surface area contributed by atoms with Crippen LogP contribution >= 0.6 is 0 Å². The number of hydrogen-bond acceptors (Lipinski definition) is 6. The van der Waals surface area contributed by atoms with Crippen molar-refractivity contribution in [1.82, 2.24) is 9.80 Å². The van der Waals surface area contributed by atoms with Gasteiger partial charge in [-0.2, -0.15) is 0 Å². The van der Waals surface area contributed by atoms with E-state index in [0.29, 0.717) is 24.8 Å². The molecule has 0 bridgehead atoms. The van der Waals surface area contributed by atoms with Crippen molar-refractivity contribution in [3.05, 3.63) is 54.1 Å². The number of sulfone groups is 1. The van der Waals surface area contributed by atoms with Crippen LogP contribution < -0.4 is 9.64 Å². The molecule has 0 radical (unpaired) electrons. The van der Waals surface area contributed by atoms with Gasteiger partial charge in [0.15, 0.2) is 9.84 Å². The zero-order chi connectivity index (χ0) is 24.4. The first-order chi connectivity index (χ1) is 16.9. The number of amides is 1. The fourth-order valence-corrected chi connectivity index (χ4v) is 5.86. The van der Waals surface area contributed by atoms with Crippen molar-refractivity contribution in [2.24, 2.45) is 0 Å². The summed E-state index contributed by atoms with van der Waals surface area (Å²) in [4.78, 5) is 19.8. The van der Waals surface area contributed by atoms with E-state index in [0.717, 1.165) is 56.5 Å². The summed E-state index contributed by atoms with van der Waals surface area (Å²) in [5.41, 5.74) is 1.66. The van der Waals surface area contributed by atoms with Crippen LogP contribution in [0, 0.1) is 0 Å². The number of carbonyl (C=O) groups excluding carboxylic acids is 1. The third kappa shape index (κ3) is 5.64. The van der Waals surface area contributed by atoms with Gasteiger partial charge in [0.2, 0.25) is 0 Å². The van der Waals surface area contributed by atoms with Gasteiger partial charge in [-0.25, -0.2) is 8.42 Å². The molecule has 3 fully saturated rings. The van der Waals surface area contributed by atoms with Crippen molar-refractivity contribution in [3.63, 3.8) is 0 Å². The number of nitrogens with zero attached hydrogens (tertiary/aromatic N) is 3. The Morgan fingerprint density at radius 1 is 0.829 bits per heavy atom. The van der Waals surface area contributed by atoms with Gasteiger partial charge in [-0.1, -0.05) is 6.42 Å². The highest BCUT2D eigenvalue weighted by molar-refractivity contribution is 7.90. The molecule has 1 saturated carbocycles. The summed E-state index contributed by atoms with van der Waals surface area (Å²) in [7, 11) is -3.27. The molecule has 188 valence electrons. The van der Waals surface area contributed by atoms with E-state index in [-0.39, 0.29) is 10.8 Å². The van der Waals surface area contributed by atoms with E-state index in [2.05, 4.69) is 34.1 Å². The summed E-state index contributed by atoms with van der Waals surface area (Å²) in [5.74, 6) is 0.874. The lowest BCUT2D eigenvalue weighted by Gasteiger charge is -2.41. The molecule has 0 atom stereocenters. The summed E-state index contributed by atoms with van der Waals surface area (Å²) in [5, 5.41) is 0. The van der Waals surface area contributed by atoms with Crippen molar-refractivity contribution in [1.29, 1.82) is 0 Å². The second-order valence-electron chi connectivity index (χ2n) is 10.0. The minimum atomic E-state index is -3.27. The van der Waals surface area contributed by atoms with Crippen LogP contribution in [0.5, 0.6) is 5.75 Å². The summed E-state index contributed by atoms with van der Waals surface area (Å²) >= 11 is 0. The maximum absolute atomic E-state index is 12.9. The number of ether oxygens (including phenoxy) is 1. The molecule has 2 saturated heterocycles. The molecule has 3 aliphatic rings. The highest BCUT2D eigenvalue weighted by atomic mass is 32.2. The Kier molecular flexibility index (Phi) is 7.02. The normalized spacial score (nSPS) is 20.5. The number of piperidine rings is 1. The summed E-state index contributed by atoms with van der Waals surface area (Å²) < 4.78 is 29.6. The van der Waals surface area contributed by atoms with Crippen molar-refractivity contribution in [2.45, 2.75) is 49.1 Å². The summed E-state index contributed by atoms with van der Waals surface area (Å²) in [6, 6.07) is 15.4. The molecular weight excluding hydrogens is 462 g/mol. The molecule has 7 nitrogen and oxygen atoms in total. The number of rotatable bonds is 6. The third-order valence-corrected chi connectivity index (χ3v) is 8.80. The minimum Gasteiger partial charge on any atom is -0.490 e. The van der Waals surface area contributed by atoms with Crippen LogP contribution in [-0.4, -0.2) is 81.8 Å². The molecule has 8 heteroatoms. The molecule has 0 aromatic heterocycles. The lowest BCUT2D eigenvalue weighted by Crippen LogP contribution is -2.48. The lowest BCUT2D eigenvalue weighted by molar-refractivity contribution is 0.0493. The minimum absolute atomic E-state index is 0.0585. The number of benzene rings is 2. The first-order valence-corrected chi connectivity index (χ1v) is 14.6. The Morgan fingerprint density at radius 3 is 2.00 bits per heavy atom. The van der Waals surface area contributed by atoms with Crippen LogP contribution in [0.1, 0.15) is 42.5 Å². The average Bonchev–Trinajstić information content (AvgIpc) is 2.84. The van der Waals surface area contributed by atoms with Gasteiger partial charge in [-0.05, 0) is 74.2 Å². The van der Waals surface area contributed by atoms with Crippen LogP contribution in [0.15, 0.2) is 53.4 Å². The molecule has 0 spiro atoms. The van der Waals surface area contributed by atoms with Crippen LogP contribution in [0.2, 0.25) is 0 Å². The highest BCUT2D eigenvalue weighted by Gasteiger charge is 2.29. The molecule has 2 aromatic carbocycles. The van der Waals surface area contributed by atoms with Crippen molar-refractivity contribution in [2.75, 3.05) is 50.4 Å². The highest BCUT2D eigenvalue weighted by Crippen LogP contribution is 2.29. The Labute approximate surface area is 208 Å². The number of piperazine rings is 1. The van der Waals surface area contributed by atoms with Gasteiger partial charge in [-0.15, -0.1) is 0 Å². The summed E-state index contributed by atoms with van der Waals surface area (Å²) in [6.07, 6.45) is 7.80. The molecule has 2 heterocycles. The quantitative estimate of drug-likeness (QED) is 0.609. The largest absolute Gasteiger partial charge is 0.490 e. The van der Waals surface area contributed by atoms with Gasteiger partial charge in [0.25, 0.3) is 5.91 Å². The van der Waals surface area contributed by atoms with Crippen LogP contribution in [0.25, 0.3) is 0 Å². The van der Waals surface area contributed by atoms with E-state index in [1.54, 1.807) is 12.1 Å².